The molecular formula is C9H10Cl2O. The van der Waals surface area contributed by atoms with Gasteiger partial charge in [-0.15, -0.1) is 0 Å². The Kier molecular flexibility index (Phi) is 4.95. The van der Waals surface area contributed by atoms with Crippen LogP contribution in [-0.4, -0.2) is 5.78 Å². The van der Waals surface area contributed by atoms with Gasteiger partial charge in [-0.3, -0.25) is 4.79 Å². The van der Waals surface area contributed by atoms with E-state index in [1.54, 1.807) is 0 Å². The number of Topliss-reactive ketones (excluding diaryl/α,β-unsaturated/α-hetero) is 1. The molecular weight excluding hydrogens is 195 g/mol. The summed E-state index contributed by atoms with van der Waals surface area (Å²) in [6, 6.07) is 0. The first-order valence-corrected chi connectivity index (χ1v) is 4.10. The molecule has 12 heavy (non-hydrogen) atoms. The van der Waals surface area contributed by atoms with Crippen molar-refractivity contribution >= 4 is 29.0 Å². The number of ketones is 1. The van der Waals surface area contributed by atoms with E-state index in [9.17, 15) is 4.79 Å². The van der Waals surface area contributed by atoms with Crippen LogP contribution in [0.15, 0.2) is 34.9 Å². The molecule has 0 fully saturated rings. The molecule has 0 N–H and O–H groups in total. The van der Waals surface area contributed by atoms with Gasteiger partial charge in [-0.1, -0.05) is 42.4 Å². The maximum absolute atomic E-state index is 10.8. The van der Waals surface area contributed by atoms with Crippen molar-refractivity contribution in [2.75, 3.05) is 0 Å². The fourth-order valence-corrected chi connectivity index (χ4v) is 1.08. The van der Waals surface area contributed by atoms with Crippen molar-refractivity contribution in [3.8, 4) is 0 Å². The zero-order chi connectivity index (χ0) is 9.72. The molecule has 0 atom stereocenters. The van der Waals surface area contributed by atoms with Gasteiger partial charge in [-0.25, -0.2) is 0 Å². The van der Waals surface area contributed by atoms with E-state index in [2.05, 4.69) is 13.2 Å². The summed E-state index contributed by atoms with van der Waals surface area (Å²) in [5.74, 6) is -0.00759. The molecule has 0 aliphatic carbocycles. The second-order valence-electron chi connectivity index (χ2n) is 2.31. The summed E-state index contributed by atoms with van der Waals surface area (Å²) >= 11 is 11.4. The first kappa shape index (κ1) is 11.5. The molecule has 0 aromatic rings. The van der Waals surface area contributed by atoms with Crippen molar-refractivity contribution in [2.24, 2.45) is 0 Å². The predicted octanol–water partition coefficient (Wildman–Crippen LogP) is 3.40. The van der Waals surface area contributed by atoms with E-state index >= 15 is 0 Å². The monoisotopic (exact) mass is 204 g/mol. The van der Waals surface area contributed by atoms with Crippen molar-refractivity contribution in [2.45, 2.75) is 13.3 Å². The maximum Gasteiger partial charge on any atom is 0.134 e. The highest BCUT2D eigenvalue weighted by atomic mass is 35.5. The zero-order valence-electron chi connectivity index (χ0n) is 6.86. The molecule has 0 rings (SSSR count). The van der Waals surface area contributed by atoms with E-state index in [1.807, 2.05) is 0 Å². The number of hydrogen-bond acceptors (Lipinski definition) is 1. The lowest BCUT2D eigenvalue weighted by molar-refractivity contribution is -0.116. The number of allylic oxidation sites excluding steroid dienone is 4. The molecule has 66 valence electrons. The number of rotatable bonds is 4. The van der Waals surface area contributed by atoms with E-state index in [1.165, 1.54) is 13.0 Å². The average Bonchev–Trinajstić information content (AvgIpc) is 1.98. The van der Waals surface area contributed by atoms with Crippen LogP contribution in [0, 0.1) is 0 Å². The summed E-state index contributed by atoms with van der Waals surface area (Å²) in [5, 5.41) is 0.667. The highest BCUT2D eigenvalue weighted by molar-refractivity contribution is 6.36. The van der Waals surface area contributed by atoms with E-state index in [4.69, 9.17) is 23.2 Å². The second kappa shape index (κ2) is 5.18. The molecule has 0 amide bonds. The molecule has 0 bridgehead atoms. The smallest absolute Gasteiger partial charge is 0.134 e. The summed E-state index contributed by atoms with van der Waals surface area (Å²) in [5.41, 5.74) is 0.542. The number of carbonyl (C=O) groups is 1. The Hall–Kier alpha value is -0.530. The van der Waals surface area contributed by atoms with Crippen molar-refractivity contribution in [3.63, 3.8) is 0 Å². The van der Waals surface area contributed by atoms with Crippen LogP contribution in [0.25, 0.3) is 0 Å². The van der Waals surface area contributed by atoms with Crippen molar-refractivity contribution in [1.29, 1.82) is 0 Å². The number of halogens is 2. The van der Waals surface area contributed by atoms with E-state index in [0.29, 0.717) is 10.6 Å². The largest absolute Gasteiger partial charge is 0.300 e. The van der Waals surface area contributed by atoms with Gasteiger partial charge < -0.3 is 0 Å². The topological polar surface area (TPSA) is 17.1 Å². The number of hydrogen-bond donors (Lipinski definition) is 0. The van der Waals surface area contributed by atoms with Gasteiger partial charge in [0.05, 0.1) is 0 Å². The maximum atomic E-state index is 10.8. The Balaban J connectivity index is 4.78. The van der Waals surface area contributed by atoms with Crippen LogP contribution in [0.1, 0.15) is 13.3 Å². The fourth-order valence-electron chi connectivity index (χ4n) is 0.682. The van der Waals surface area contributed by atoms with E-state index in [0.717, 1.165) is 0 Å². The molecule has 0 aliphatic rings. The molecule has 0 aromatic carbocycles. The first-order valence-electron chi connectivity index (χ1n) is 3.34. The standard InChI is InChI=1S/C9H10Cl2O/c1-4-9(11)8(7(3)10)5-6(2)12/h4H,1,3,5H2,2H3/b9-8+. The third-order valence-corrected chi connectivity index (χ3v) is 1.83. The average molecular weight is 205 g/mol. The molecule has 0 unspecified atom stereocenters. The van der Waals surface area contributed by atoms with Crippen LogP contribution in [-0.2, 0) is 4.79 Å². The van der Waals surface area contributed by atoms with Gasteiger partial charge >= 0.3 is 0 Å². The second-order valence-corrected chi connectivity index (χ2v) is 3.18. The third-order valence-electron chi connectivity index (χ3n) is 1.22. The number of carbonyl (C=O) groups excluding carboxylic acids is 1. The summed E-state index contributed by atoms with van der Waals surface area (Å²) in [4.78, 5) is 10.8. The Bertz CT molecular complexity index is 251. The molecule has 0 aliphatic heterocycles. The van der Waals surface area contributed by atoms with Gasteiger partial charge in [0.1, 0.15) is 5.78 Å². The van der Waals surface area contributed by atoms with Gasteiger partial charge in [-0.05, 0) is 12.5 Å². The fraction of sp³-hybridized carbons (Fsp3) is 0.222. The van der Waals surface area contributed by atoms with Gasteiger partial charge in [0.15, 0.2) is 0 Å². The van der Waals surface area contributed by atoms with E-state index in [-0.39, 0.29) is 17.2 Å². The highest BCUT2D eigenvalue weighted by Gasteiger charge is 2.07. The highest BCUT2D eigenvalue weighted by Crippen LogP contribution is 2.23. The molecule has 0 saturated carbocycles. The van der Waals surface area contributed by atoms with Gasteiger partial charge in [-0.2, -0.15) is 0 Å². The Morgan fingerprint density at radius 3 is 2.25 bits per heavy atom. The lowest BCUT2D eigenvalue weighted by Gasteiger charge is -2.03. The summed E-state index contributed by atoms with van der Waals surface area (Å²) in [6.45, 7) is 8.44. The van der Waals surface area contributed by atoms with Crippen LogP contribution >= 0.6 is 23.2 Å². The SMILES string of the molecule is C=C/C(Cl)=C(/CC(C)=O)C(=C)Cl. The first-order chi connectivity index (χ1) is 5.49. The van der Waals surface area contributed by atoms with Crippen molar-refractivity contribution in [3.05, 3.63) is 34.9 Å². The Labute approximate surface area is 82.4 Å². The Morgan fingerprint density at radius 1 is 1.50 bits per heavy atom. The molecule has 0 heterocycles. The molecule has 0 aromatic heterocycles. The van der Waals surface area contributed by atoms with Crippen molar-refractivity contribution < 1.29 is 4.79 Å². The lowest BCUT2D eigenvalue weighted by Crippen LogP contribution is -1.95. The summed E-state index contributed by atoms with van der Waals surface area (Å²) in [7, 11) is 0. The minimum absolute atomic E-state index is 0.00759. The quantitative estimate of drug-likeness (QED) is 0.642. The third kappa shape index (κ3) is 3.74. The summed E-state index contributed by atoms with van der Waals surface area (Å²) < 4.78 is 0. The van der Waals surface area contributed by atoms with Crippen LogP contribution in [0.3, 0.4) is 0 Å². The molecule has 0 spiro atoms. The van der Waals surface area contributed by atoms with Crippen molar-refractivity contribution in [1.82, 2.24) is 0 Å². The molecule has 1 nitrogen and oxygen atoms in total. The zero-order valence-corrected chi connectivity index (χ0v) is 8.37. The minimum atomic E-state index is -0.00759. The van der Waals surface area contributed by atoms with Crippen LogP contribution in [0.4, 0.5) is 0 Å². The van der Waals surface area contributed by atoms with Gasteiger partial charge in [0, 0.05) is 16.5 Å². The van der Waals surface area contributed by atoms with Gasteiger partial charge in [0.25, 0.3) is 0 Å². The predicted molar refractivity (Wildman–Crippen MR) is 53.4 cm³/mol. The molecule has 3 heteroatoms. The molecule has 0 saturated heterocycles. The normalized spacial score (nSPS) is 11.9. The van der Waals surface area contributed by atoms with Crippen LogP contribution in [0.5, 0.6) is 0 Å². The minimum Gasteiger partial charge on any atom is -0.300 e. The summed E-state index contributed by atoms with van der Waals surface area (Å²) in [6.07, 6.45) is 1.64. The van der Waals surface area contributed by atoms with Crippen LogP contribution in [0.2, 0.25) is 0 Å². The van der Waals surface area contributed by atoms with E-state index < -0.39 is 0 Å². The molecule has 0 radical (unpaired) electrons. The Morgan fingerprint density at radius 2 is 2.00 bits per heavy atom. The van der Waals surface area contributed by atoms with Crippen LogP contribution < -0.4 is 0 Å². The van der Waals surface area contributed by atoms with Gasteiger partial charge in [0.2, 0.25) is 0 Å². The lowest BCUT2D eigenvalue weighted by atomic mass is 10.1.